The van der Waals surface area contributed by atoms with Crippen LogP contribution in [0.2, 0.25) is 0 Å². The topological polar surface area (TPSA) is 46.0 Å². The summed E-state index contributed by atoms with van der Waals surface area (Å²) in [5, 5.41) is 9.33. The van der Waals surface area contributed by atoms with Gasteiger partial charge in [-0.2, -0.15) is 0 Å². The van der Waals surface area contributed by atoms with E-state index in [1.54, 1.807) is 6.20 Å². The molecule has 1 atom stereocenters. The van der Waals surface area contributed by atoms with E-state index < -0.39 is 0 Å². The summed E-state index contributed by atoms with van der Waals surface area (Å²) in [6.45, 7) is 1.95. The second-order valence-electron chi connectivity index (χ2n) is 2.58. The zero-order valence-corrected chi connectivity index (χ0v) is 8.45. The minimum Gasteiger partial charge on any atom is -0.393 e. The smallest absolute Gasteiger partial charge is 0.196 e. The first-order valence-corrected chi connectivity index (χ1v) is 4.67. The van der Waals surface area contributed by atoms with Crippen molar-refractivity contribution >= 4 is 15.9 Å². The Bertz CT molecular complexity index is 255. The van der Waals surface area contributed by atoms with Crippen molar-refractivity contribution in [1.82, 2.24) is 9.97 Å². The maximum absolute atomic E-state index is 9.33. The monoisotopic (exact) mass is 230 g/mol. The average molecular weight is 231 g/mol. The summed E-state index contributed by atoms with van der Waals surface area (Å²) >= 11 is 3.17. The van der Waals surface area contributed by atoms with Gasteiger partial charge >= 0.3 is 0 Å². The molecule has 0 aliphatic rings. The molecule has 3 nitrogen and oxygen atoms in total. The molecule has 12 heavy (non-hydrogen) atoms. The van der Waals surface area contributed by atoms with Crippen molar-refractivity contribution < 1.29 is 5.11 Å². The average Bonchev–Trinajstić information content (AvgIpc) is 2.04. The molecule has 1 rings (SSSR count). The van der Waals surface area contributed by atoms with Gasteiger partial charge < -0.3 is 5.11 Å². The predicted octanol–water partition coefficient (Wildman–Crippen LogP) is 1.55. The lowest BCUT2D eigenvalue weighted by molar-refractivity contribution is 0.169. The van der Waals surface area contributed by atoms with Gasteiger partial charge in [0.25, 0.3) is 0 Å². The van der Waals surface area contributed by atoms with E-state index in [0.717, 1.165) is 12.1 Å². The van der Waals surface area contributed by atoms with Gasteiger partial charge in [0.05, 0.1) is 6.10 Å². The molecule has 0 radical (unpaired) electrons. The van der Waals surface area contributed by atoms with Crippen molar-refractivity contribution in [2.45, 2.75) is 25.9 Å². The number of hydrogen-bond acceptors (Lipinski definition) is 3. The molecule has 1 aromatic heterocycles. The van der Waals surface area contributed by atoms with E-state index in [0.29, 0.717) is 11.2 Å². The number of hydrogen-bond donors (Lipinski definition) is 1. The molecule has 0 aliphatic heterocycles. The molecular weight excluding hydrogens is 220 g/mol. The normalized spacial score (nSPS) is 12.9. The Balaban J connectivity index is 2.63. The number of aliphatic hydroxyl groups is 1. The fourth-order valence-electron chi connectivity index (χ4n) is 0.869. The Hall–Kier alpha value is -0.480. The molecule has 0 aromatic carbocycles. The van der Waals surface area contributed by atoms with E-state index in [1.807, 2.05) is 13.0 Å². The van der Waals surface area contributed by atoms with Crippen LogP contribution in [0, 0.1) is 0 Å². The van der Waals surface area contributed by atoms with Crippen LogP contribution < -0.4 is 0 Å². The number of halogens is 1. The maximum atomic E-state index is 9.33. The van der Waals surface area contributed by atoms with Crippen LogP contribution in [-0.4, -0.2) is 21.2 Å². The van der Waals surface area contributed by atoms with E-state index in [1.165, 1.54) is 0 Å². The van der Waals surface area contributed by atoms with Gasteiger partial charge in [-0.15, -0.1) is 0 Å². The van der Waals surface area contributed by atoms with Crippen LogP contribution in [0.25, 0.3) is 0 Å². The minimum atomic E-state index is -0.299. The number of aliphatic hydroxyl groups excluding tert-OH is 1. The molecule has 0 saturated heterocycles. The van der Waals surface area contributed by atoms with E-state index in [-0.39, 0.29) is 6.10 Å². The molecule has 0 aliphatic carbocycles. The number of aromatic nitrogens is 2. The minimum absolute atomic E-state index is 0.299. The summed E-state index contributed by atoms with van der Waals surface area (Å²) < 4.78 is 0.573. The SMILES string of the molecule is CCC(O)Cc1ccnc(Br)n1. The highest BCUT2D eigenvalue weighted by atomic mass is 79.9. The van der Waals surface area contributed by atoms with Gasteiger partial charge in [0.2, 0.25) is 0 Å². The molecule has 0 saturated carbocycles. The summed E-state index contributed by atoms with van der Waals surface area (Å²) in [6, 6.07) is 1.81. The second-order valence-corrected chi connectivity index (χ2v) is 3.29. The zero-order valence-electron chi connectivity index (χ0n) is 6.87. The van der Waals surface area contributed by atoms with Gasteiger partial charge in [-0.05, 0) is 28.4 Å². The van der Waals surface area contributed by atoms with Crippen LogP contribution >= 0.6 is 15.9 Å². The number of rotatable bonds is 3. The Morgan fingerprint density at radius 2 is 2.42 bits per heavy atom. The van der Waals surface area contributed by atoms with E-state index in [4.69, 9.17) is 0 Å². The van der Waals surface area contributed by atoms with Crippen molar-refractivity contribution in [1.29, 1.82) is 0 Å². The predicted molar refractivity (Wildman–Crippen MR) is 49.7 cm³/mol. The summed E-state index contributed by atoms with van der Waals surface area (Å²) in [7, 11) is 0. The van der Waals surface area contributed by atoms with Crippen LogP contribution in [0.4, 0.5) is 0 Å². The third-order valence-corrected chi connectivity index (χ3v) is 1.98. The van der Waals surface area contributed by atoms with Gasteiger partial charge in [0.15, 0.2) is 4.73 Å². The fourth-order valence-corrected chi connectivity index (χ4v) is 1.21. The lowest BCUT2D eigenvalue weighted by atomic mass is 10.1. The van der Waals surface area contributed by atoms with Gasteiger partial charge in [-0.3, -0.25) is 0 Å². The molecule has 4 heteroatoms. The molecule has 0 spiro atoms. The van der Waals surface area contributed by atoms with Crippen LogP contribution in [0.1, 0.15) is 19.0 Å². The van der Waals surface area contributed by atoms with Crippen molar-refractivity contribution in [3.8, 4) is 0 Å². The molecule has 1 heterocycles. The third-order valence-electron chi connectivity index (χ3n) is 1.60. The standard InChI is InChI=1S/C8H11BrN2O/c1-2-7(12)5-6-3-4-10-8(9)11-6/h3-4,7,12H,2,5H2,1H3. The van der Waals surface area contributed by atoms with Crippen molar-refractivity contribution in [3.05, 3.63) is 22.7 Å². The van der Waals surface area contributed by atoms with E-state index in [2.05, 4.69) is 25.9 Å². The Morgan fingerprint density at radius 3 is 3.00 bits per heavy atom. The highest BCUT2D eigenvalue weighted by molar-refractivity contribution is 9.10. The lowest BCUT2D eigenvalue weighted by Gasteiger charge is -2.05. The first-order valence-electron chi connectivity index (χ1n) is 3.88. The molecule has 0 amide bonds. The van der Waals surface area contributed by atoms with Crippen molar-refractivity contribution in [2.75, 3.05) is 0 Å². The van der Waals surface area contributed by atoms with Crippen molar-refractivity contribution in [2.24, 2.45) is 0 Å². The first-order chi connectivity index (χ1) is 5.72. The highest BCUT2D eigenvalue weighted by Gasteiger charge is 2.03. The van der Waals surface area contributed by atoms with Crippen LogP contribution in [-0.2, 0) is 6.42 Å². The highest BCUT2D eigenvalue weighted by Crippen LogP contribution is 2.05. The summed E-state index contributed by atoms with van der Waals surface area (Å²) in [5.41, 5.74) is 0.867. The Kier molecular flexibility index (Phi) is 3.62. The molecule has 0 bridgehead atoms. The lowest BCUT2D eigenvalue weighted by Crippen LogP contribution is -2.09. The van der Waals surface area contributed by atoms with E-state index >= 15 is 0 Å². The van der Waals surface area contributed by atoms with Crippen molar-refractivity contribution in [3.63, 3.8) is 0 Å². The zero-order chi connectivity index (χ0) is 8.97. The first kappa shape index (κ1) is 9.61. The van der Waals surface area contributed by atoms with Gasteiger partial charge in [0.1, 0.15) is 0 Å². The second kappa shape index (κ2) is 4.52. The summed E-state index contributed by atoms with van der Waals surface area (Å²) in [6.07, 6.45) is 2.72. The number of nitrogens with zero attached hydrogens (tertiary/aromatic N) is 2. The van der Waals surface area contributed by atoms with Crippen LogP contribution in [0.5, 0.6) is 0 Å². The molecule has 66 valence electrons. The largest absolute Gasteiger partial charge is 0.393 e. The molecule has 1 N–H and O–H groups in total. The van der Waals surface area contributed by atoms with Crippen LogP contribution in [0.3, 0.4) is 0 Å². The quantitative estimate of drug-likeness (QED) is 0.803. The van der Waals surface area contributed by atoms with Gasteiger partial charge in [0, 0.05) is 18.3 Å². The maximum Gasteiger partial charge on any atom is 0.196 e. The van der Waals surface area contributed by atoms with Gasteiger partial charge in [-0.1, -0.05) is 6.92 Å². The Morgan fingerprint density at radius 1 is 1.67 bits per heavy atom. The molecule has 1 unspecified atom stereocenters. The third kappa shape index (κ3) is 2.87. The summed E-state index contributed by atoms with van der Waals surface area (Å²) in [5.74, 6) is 0. The Labute approximate surface area is 80.0 Å². The molecular formula is C8H11BrN2O. The van der Waals surface area contributed by atoms with Crippen LogP contribution in [0.15, 0.2) is 17.0 Å². The molecule has 0 fully saturated rings. The van der Waals surface area contributed by atoms with E-state index in [9.17, 15) is 5.11 Å². The van der Waals surface area contributed by atoms with Gasteiger partial charge in [-0.25, -0.2) is 9.97 Å². The fraction of sp³-hybridized carbons (Fsp3) is 0.500. The summed E-state index contributed by atoms with van der Waals surface area (Å²) in [4.78, 5) is 8.00. The molecule has 1 aromatic rings.